The van der Waals surface area contributed by atoms with Crippen molar-refractivity contribution in [2.24, 2.45) is 5.73 Å². The first-order valence-electron chi connectivity index (χ1n) is 6.46. The van der Waals surface area contributed by atoms with E-state index in [4.69, 9.17) is 5.73 Å². The topological polar surface area (TPSA) is 80.9 Å². The Bertz CT molecular complexity index is 795. The molecule has 5 nitrogen and oxygen atoms in total. The third-order valence-corrected chi connectivity index (χ3v) is 4.05. The normalized spacial score (nSPS) is 10.7. The van der Waals surface area contributed by atoms with Crippen LogP contribution < -0.4 is 11.1 Å². The van der Waals surface area contributed by atoms with E-state index in [0.29, 0.717) is 5.82 Å². The van der Waals surface area contributed by atoms with Crippen LogP contribution in [0.5, 0.6) is 0 Å². The minimum absolute atomic E-state index is 0.0509. The standard InChI is InChI=1S/C15H14N4OS/c1-9-2-4-10(5-3-9)11-7-21-15-13(11)14(18-8-19-15)17-6-12(16)20/h2-5,7-8H,6H2,1H3,(H2,16,20)(H,17,18,19). The lowest BCUT2D eigenvalue weighted by Gasteiger charge is -2.07. The highest BCUT2D eigenvalue weighted by atomic mass is 32.1. The van der Waals surface area contributed by atoms with Crippen molar-refractivity contribution in [3.05, 3.63) is 41.5 Å². The van der Waals surface area contributed by atoms with E-state index in [1.807, 2.05) is 0 Å². The molecule has 0 aliphatic rings. The molecule has 0 saturated carbocycles. The predicted molar refractivity (Wildman–Crippen MR) is 85.3 cm³/mol. The van der Waals surface area contributed by atoms with Crippen molar-refractivity contribution in [2.75, 3.05) is 11.9 Å². The Morgan fingerprint density at radius 1 is 1.29 bits per heavy atom. The van der Waals surface area contributed by atoms with E-state index in [9.17, 15) is 4.79 Å². The number of hydrogen-bond donors (Lipinski definition) is 2. The van der Waals surface area contributed by atoms with Crippen molar-refractivity contribution in [1.82, 2.24) is 9.97 Å². The number of nitrogens with one attached hydrogen (secondary N) is 1. The maximum atomic E-state index is 11.0. The summed E-state index contributed by atoms with van der Waals surface area (Å²) in [5, 5.41) is 5.95. The molecule has 0 aliphatic carbocycles. The molecule has 3 rings (SSSR count). The summed E-state index contributed by atoms with van der Waals surface area (Å²) in [6.07, 6.45) is 1.49. The van der Waals surface area contributed by atoms with Crippen LogP contribution in [0.25, 0.3) is 21.3 Å². The van der Waals surface area contributed by atoms with Gasteiger partial charge >= 0.3 is 0 Å². The molecule has 1 amide bonds. The highest BCUT2D eigenvalue weighted by Gasteiger charge is 2.13. The minimum atomic E-state index is -0.422. The second-order valence-corrected chi connectivity index (χ2v) is 5.60. The smallest absolute Gasteiger partial charge is 0.236 e. The Hall–Kier alpha value is -2.47. The molecule has 106 valence electrons. The molecule has 2 heterocycles. The third-order valence-electron chi connectivity index (χ3n) is 3.16. The van der Waals surface area contributed by atoms with Gasteiger partial charge in [-0.05, 0) is 12.5 Å². The maximum Gasteiger partial charge on any atom is 0.236 e. The summed E-state index contributed by atoms with van der Waals surface area (Å²) < 4.78 is 0. The Balaban J connectivity index is 2.10. The Labute approximate surface area is 125 Å². The monoisotopic (exact) mass is 298 g/mol. The molecule has 21 heavy (non-hydrogen) atoms. The van der Waals surface area contributed by atoms with Crippen LogP contribution in [0.1, 0.15) is 5.56 Å². The molecular formula is C15H14N4OS. The maximum absolute atomic E-state index is 11.0. The van der Waals surface area contributed by atoms with Crippen molar-refractivity contribution in [3.63, 3.8) is 0 Å². The van der Waals surface area contributed by atoms with Gasteiger partial charge in [-0.1, -0.05) is 29.8 Å². The van der Waals surface area contributed by atoms with Gasteiger partial charge in [-0.25, -0.2) is 9.97 Å². The van der Waals surface area contributed by atoms with Gasteiger partial charge in [-0.3, -0.25) is 4.79 Å². The van der Waals surface area contributed by atoms with E-state index < -0.39 is 5.91 Å². The molecule has 0 atom stereocenters. The van der Waals surface area contributed by atoms with Crippen LogP contribution in [-0.4, -0.2) is 22.4 Å². The van der Waals surface area contributed by atoms with Crippen molar-refractivity contribution in [1.29, 1.82) is 0 Å². The zero-order valence-corrected chi connectivity index (χ0v) is 12.3. The molecule has 0 bridgehead atoms. The summed E-state index contributed by atoms with van der Waals surface area (Å²) in [6.45, 7) is 2.10. The molecule has 3 aromatic rings. The van der Waals surface area contributed by atoms with Crippen LogP contribution in [0.3, 0.4) is 0 Å². The molecule has 0 radical (unpaired) electrons. The Morgan fingerprint density at radius 3 is 2.76 bits per heavy atom. The number of hydrogen-bond acceptors (Lipinski definition) is 5. The highest BCUT2D eigenvalue weighted by molar-refractivity contribution is 7.17. The zero-order valence-electron chi connectivity index (χ0n) is 11.5. The number of rotatable bonds is 4. The van der Waals surface area contributed by atoms with E-state index in [0.717, 1.165) is 21.3 Å². The molecule has 0 spiro atoms. The van der Waals surface area contributed by atoms with Gasteiger partial charge in [-0.2, -0.15) is 0 Å². The molecular weight excluding hydrogens is 284 g/mol. The fraction of sp³-hybridized carbons (Fsp3) is 0.133. The van der Waals surface area contributed by atoms with Crippen LogP contribution in [-0.2, 0) is 4.79 Å². The van der Waals surface area contributed by atoms with Gasteiger partial charge in [0.1, 0.15) is 17.0 Å². The van der Waals surface area contributed by atoms with Crippen LogP contribution in [0.4, 0.5) is 5.82 Å². The third kappa shape index (κ3) is 2.71. The summed E-state index contributed by atoms with van der Waals surface area (Å²) in [5.41, 5.74) is 8.55. The molecule has 3 N–H and O–H groups in total. The Morgan fingerprint density at radius 2 is 2.05 bits per heavy atom. The van der Waals surface area contributed by atoms with Gasteiger partial charge in [0, 0.05) is 10.9 Å². The first-order chi connectivity index (χ1) is 10.1. The van der Waals surface area contributed by atoms with Crippen LogP contribution in [0, 0.1) is 6.92 Å². The number of aromatic nitrogens is 2. The summed E-state index contributed by atoms with van der Waals surface area (Å²) in [6, 6.07) is 8.28. The van der Waals surface area contributed by atoms with Crippen molar-refractivity contribution < 1.29 is 4.79 Å². The van der Waals surface area contributed by atoms with Crippen LogP contribution in [0.15, 0.2) is 36.0 Å². The quantitative estimate of drug-likeness (QED) is 0.775. The fourth-order valence-electron chi connectivity index (χ4n) is 2.13. The number of primary amides is 1. The van der Waals surface area contributed by atoms with Crippen molar-refractivity contribution >= 4 is 33.3 Å². The number of carbonyl (C=O) groups is 1. The van der Waals surface area contributed by atoms with E-state index >= 15 is 0 Å². The molecule has 2 aromatic heterocycles. The number of anilines is 1. The lowest BCUT2D eigenvalue weighted by molar-refractivity contribution is -0.116. The summed E-state index contributed by atoms with van der Waals surface area (Å²) in [7, 11) is 0. The number of aryl methyl sites for hydroxylation is 1. The summed E-state index contributed by atoms with van der Waals surface area (Å²) in [4.78, 5) is 20.4. The van der Waals surface area contributed by atoms with E-state index in [1.54, 1.807) is 11.3 Å². The molecule has 1 aromatic carbocycles. The molecule has 0 saturated heterocycles. The number of carbonyl (C=O) groups excluding carboxylic acids is 1. The largest absolute Gasteiger partial charge is 0.368 e. The van der Waals surface area contributed by atoms with Crippen molar-refractivity contribution in [3.8, 4) is 11.1 Å². The summed E-state index contributed by atoms with van der Waals surface area (Å²) >= 11 is 1.55. The SMILES string of the molecule is Cc1ccc(-c2csc3ncnc(NCC(N)=O)c23)cc1. The Kier molecular flexibility index (Phi) is 3.53. The zero-order chi connectivity index (χ0) is 14.8. The van der Waals surface area contributed by atoms with Gasteiger partial charge in [0.15, 0.2) is 0 Å². The first kappa shape index (κ1) is 13.5. The van der Waals surface area contributed by atoms with Crippen LogP contribution >= 0.6 is 11.3 Å². The predicted octanol–water partition coefficient (Wildman–Crippen LogP) is 2.56. The highest BCUT2D eigenvalue weighted by Crippen LogP contribution is 2.36. The lowest BCUT2D eigenvalue weighted by Crippen LogP contribution is -2.22. The molecule has 0 fully saturated rings. The number of benzene rings is 1. The van der Waals surface area contributed by atoms with Gasteiger partial charge in [0.25, 0.3) is 0 Å². The lowest BCUT2D eigenvalue weighted by atomic mass is 10.0. The van der Waals surface area contributed by atoms with Gasteiger partial charge in [-0.15, -0.1) is 11.3 Å². The number of amides is 1. The number of fused-ring (bicyclic) bond motifs is 1. The number of nitrogens with zero attached hydrogens (tertiary/aromatic N) is 2. The minimum Gasteiger partial charge on any atom is -0.368 e. The van der Waals surface area contributed by atoms with Crippen LogP contribution in [0.2, 0.25) is 0 Å². The fourth-order valence-corrected chi connectivity index (χ4v) is 3.04. The number of nitrogens with two attached hydrogens (primary N) is 1. The van der Waals surface area contributed by atoms with Crippen molar-refractivity contribution in [2.45, 2.75) is 6.92 Å². The van der Waals surface area contributed by atoms with Gasteiger partial charge in [0.2, 0.25) is 5.91 Å². The second kappa shape index (κ2) is 5.49. The average Bonchev–Trinajstić information content (AvgIpc) is 2.90. The summed E-state index contributed by atoms with van der Waals surface area (Å²) in [5.74, 6) is 0.213. The molecule has 0 unspecified atom stereocenters. The molecule has 6 heteroatoms. The first-order valence-corrected chi connectivity index (χ1v) is 7.34. The van der Waals surface area contributed by atoms with Gasteiger partial charge in [0.05, 0.1) is 11.9 Å². The van der Waals surface area contributed by atoms with E-state index in [1.165, 1.54) is 11.9 Å². The average molecular weight is 298 g/mol. The molecule has 0 aliphatic heterocycles. The second-order valence-electron chi connectivity index (χ2n) is 4.74. The number of thiophene rings is 1. The van der Waals surface area contributed by atoms with Gasteiger partial charge < -0.3 is 11.1 Å². The van der Waals surface area contributed by atoms with E-state index in [2.05, 4.69) is 51.9 Å². The van der Waals surface area contributed by atoms with E-state index in [-0.39, 0.29) is 6.54 Å².